The van der Waals surface area contributed by atoms with Gasteiger partial charge in [0.25, 0.3) is 5.91 Å². The maximum absolute atomic E-state index is 14.9. The summed E-state index contributed by atoms with van der Waals surface area (Å²) in [4.78, 5) is 54.5. The zero-order valence-electron chi connectivity index (χ0n) is 21.8. The van der Waals surface area contributed by atoms with E-state index in [1.54, 1.807) is 0 Å². The topological polar surface area (TPSA) is 111 Å². The van der Waals surface area contributed by atoms with Crippen molar-refractivity contribution in [1.82, 2.24) is 5.32 Å². The average molecular weight is 603 g/mol. The van der Waals surface area contributed by atoms with E-state index in [-0.39, 0.29) is 4.90 Å². The van der Waals surface area contributed by atoms with E-state index < -0.39 is 94.3 Å². The van der Waals surface area contributed by atoms with Crippen molar-refractivity contribution >= 4 is 41.2 Å². The number of benzene rings is 1. The van der Waals surface area contributed by atoms with Gasteiger partial charge in [0.15, 0.2) is 0 Å². The molecule has 0 aromatic heterocycles. The first-order valence-electron chi connectivity index (χ1n) is 11.9. The molecule has 9 nitrogen and oxygen atoms in total. The molecule has 0 radical (unpaired) electrons. The summed E-state index contributed by atoms with van der Waals surface area (Å²) in [6, 6.07) is -0.766. The number of nitrogens with one attached hydrogen (secondary N) is 1. The number of carbonyl (C=O) groups is 4. The zero-order valence-corrected chi connectivity index (χ0v) is 22.5. The van der Waals surface area contributed by atoms with Crippen LogP contribution >= 0.6 is 11.6 Å². The van der Waals surface area contributed by atoms with Crippen molar-refractivity contribution in [3.63, 3.8) is 0 Å². The number of anilines is 1. The summed E-state index contributed by atoms with van der Waals surface area (Å²) in [6.45, 7) is 5.18. The van der Waals surface area contributed by atoms with Crippen molar-refractivity contribution in [3.8, 4) is 0 Å². The van der Waals surface area contributed by atoms with Gasteiger partial charge >= 0.3 is 30.4 Å². The van der Waals surface area contributed by atoms with Crippen LogP contribution in [-0.4, -0.2) is 66.7 Å². The highest BCUT2D eigenvalue weighted by molar-refractivity contribution is 6.36. The molecule has 0 bridgehead atoms. The van der Waals surface area contributed by atoms with Crippen molar-refractivity contribution in [2.75, 3.05) is 18.1 Å². The van der Waals surface area contributed by atoms with E-state index in [2.05, 4.69) is 0 Å². The number of hydrogen-bond acceptors (Lipinski definition) is 8. The lowest BCUT2D eigenvalue weighted by Gasteiger charge is -2.41. The third-order valence-electron chi connectivity index (χ3n) is 6.38. The number of carbonyl (C=O) groups excluding carboxylic acids is 4. The molecule has 3 rings (SSSR count). The minimum Gasteiger partial charge on any atom is -0.464 e. The van der Waals surface area contributed by atoms with Gasteiger partial charge in [0.2, 0.25) is 5.54 Å². The van der Waals surface area contributed by atoms with Crippen LogP contribution in [0.25, 0.3) is 0 Å². The highest BCUT2D eigenvalue weighted by Crippen LogP contribution is 2.64. The third kappa shape index (κ3) is 4.56. The summed E-state index contributed by atoms with van der Waals surface area (Å²) in [5.41, 5.74) is -10.8. The van der Waals surface area contributed by atoms with Crippen molar-refractivity contribution in [2.45, 2.75) is 69.6 Å². The molecular formula is C24H25ClF6N2O7. The Bertz CT molecular complexity index is 1210. The monoisotopic (exact) mass is 602 g/mol. The van der Waals surface area contributed by atoms with Gasteiger partial charge in [-0.25, -0.2) is 19.3 Å². The Morgan fingerprint density at radius 1 is 0.975 bits per heavy atom. The summed E-state index contributed by atoms with van der Waals surface area (Å²) in [7, 11) is 0. The molecule has 2 amide bonds. The van der Waals surface area contributed by atoms with Crippen LogP contribution in [0.2, 0.25) is 5.02 Å². The van der Waals surface area contributed by atoms with Crippen molar-refractivity contribution in [3.05, 3.63) is 28.8 Å². The van der Waals surface area contributed by atoms with Crippen LogP contribution in [0.3, 0.4) is 0 Å². The van der Waals surface area contributed by atoms with Gasteiger partial charge in [-0.2, -0.15) is 26.3 Å². The lowest BCUT2D eigenvalue weighted by atomic mass is 9.60. The number of imide groups is 1. The van der Waals surface area contributed by atoms with Crippen LogP contribution < -0.4 is 10.2 Å². The van der Waals surface area contributed by atoms with Gasteiger partial charge in [-0.3, -0.25) is 10.1 Å². The molecule has 2 heterocycles. The van der Waals surface area contributed by atoms with Crippen molar-refractivity contribution < 1.29 is 59.7 Å². The molecule has 0 unspecified atom stereocenters. The molecule has 1 saturated heterocycles. The van der Waals surface area contributed by atoms with Crippen LogP contribution in [0.5, 0.6) is 0 Å². The van der Waals surface area contributed by atoms with Gasteiger partial charge in [0.05, 0.1) is 18.9 Å². The van der Waals surface area contributed by atoms with Gasteiger partial charge in [-0.1, -0.05) is 17.7 Å². The Hall–Kier alpha value is -3.07. The second-order valence-electron chi connectivity index (χ2n) is 9.94. The molecule has 1 aromatic rings. The fourth-order valence-electron chi connectivity index (χ4n) is 5.23. The molecule has 222 valence electrons. The van der Waals surface area contributed by atoms with Gasteiger partial charge in [0.1, 0.15) is 23.0 Å². The molecular weight excluding hydrogens is 578 g/mol. The van der Waals surface area contributed by atoms with E-state index in [1.165, 1.54) is 39.9 Å². The summed E-state index contributed by atoms with van der Waals surface area (Å²) in [5.74, 6) is -9.83. The molecule has 1 aromatic carbocycles. The summed E-state index contributed by atoms with van der Waals surface area (Å²) in [5, 5.41) is 0.715. The Morgan fingerprint density at radius 2 is 1.50 bits per heavy atom. The van der Waals surface area contributed by atoms with Gasteiger partial charge in [0, 0.05) is 10.6 Å². The minimum atomic E-state index is -5.93. The molecule has 3 atom stereocenters. The van der Waals surface area contributed by atoms with E-state index in [4.69, 9.17) is 25.8 Å². The number of halogens is 7. The first kappa shape index (κ1) is 31.5. The molecule has 0 aliphatic carbocycles. The average Bonchev–Trinajstić information content (AvgIpc) is 3.26. The first-order chi connectivity index (χ1) is 18.2. The van der Waals surface area contributed by atoms with Crippen LogP contribution in [-0.2, 0) is 34.0 Å². The van der Waals surface area contributed by atoms with Crippen molar-refractivity contribution in [2.24, 2.45) is 5.92 Å². The number of hydrogen-bond donors (Lipinski definition) is 1. The van der Waals surface area contributed by atoms with Crippen LogP contribution in [0.1, 0.15) is 40.2 Å². The van der Waals surface area contributed by atoms with Crippen LogP contribution in [0.4, 0.5) is 36.8 Å². The number of fused-ring (bicyclic) bond motifs is 2. The second-order valence-corrected chi connectivity index (χ2v) is 10.3. The molecule has 2 aliphatic heterocycles. The van der Waals surface area contributed by atoms with Crippen LogP contribution in [0, 0.1) is 5.92 Å². The standard InChI is InChI=1S/C24H25ClF6N2O7/c1-6-38-17(35)22(18(36)39-7-2)21(14(23(26,27)28)15(32-22)24(29,30)31)13-11(25)9-8-10-12(13)33(16(21)34)19(37)40-20(3,4)5/h8-10,14-15,32H,6-7H2,1-5H3/t14-,15-,21+/m1/s1. The maximum atomic E-state index is 14.9. The molecule has 0 saturated carbocycles. The molecule has 1 fully saturated rings. The fraction of sp³-hybridized carbons (Fsp3) is 0.583. The fourth-order valence-corrected chi connectivity index (χ4v) is 5.55. The molecule has 16 heteroatoms. The number of nitrogens with zero attached hydrogens (tertiary/aromatic N) is 1. The summed E-state index contributed by atoms with van der Waals surface area (Å²) >= 11 is 6.26. The number of alkyl halides is 6. The molecule has 2 aliphatic rings. The third-order valence-corrected chi connectivity index (χ3v) is 6.69. The zero-order chi connectivity index (χ0) is 30.6. The number of amides is 2. The van der Waals surface area contributed by atoms with E-state index in [0.29, 0.717) is 0 Å². The summed E-state index contributed by atoms with van der Waals surface area (Å²) in [6.07, 6.45) is -13.3. The quantitative estimate of drug-likeness (QED) is 0.233. The highest BCUT2D eigenvalue weighted by atomic mass is 35.5. The smallest absolute Gasteiger partial charge is 0.421 e. The lowest BCUT2D eigenvalue weighted by Crippen LogP contribution is -2.71. The largest absolute Gasteiger partial charge is 0.464 e. The second kappa shape index (κ2) is 10.1. The molecule has 1 spiro atoms. The lowest BCUT2D eigenvalue weighted by molar-refractivity contribution is -0.236. The Balaban J connectivity index is 2.61. The molecule has 40 heavy (non-hydrogen) atoms. The Morgan fingerprint density at radius 3 is 1.93 bits per heavy atom. The predicted molar refractivity (Wildman–Crippen MR) is 125 cm³/mol. The first-order valence-corrected chi connectivity index (χ1v) is 12.2. The minimum absolute atomic E-state index is 0.0405. The molecule has 1 N–H and O–H groups in total. The van der Waals surface area contributed by atoms with Gasteiger partial charge < -0.3 is 14.2 Å². The normalized spacial score (nSPS) is 24.2. The van der Waals surface area contributed by atoms with E-state index >= 15 is 0 Å². The van der Waals surface area contributed by atoms with Crippen LogP contribution in [0.15, 0.2) is 18.2 Å². The maximum Gasteiger partial charge on any atom is 0.421 e. The number of rotatable bonds is 4. The van der Waals surface area contributed by atoms with E-state index in [1.807, 2.05) is 0 Å². The van der Waals surface area contributed by atoms with Gasteiger partial charge in [-0.05, 0) is 46.8 Å². The predicted octanol–water partition coefficient (Wildman–Crippen LogP) is 4.44. The van der Waals surface area contributed by atoms with Gasteiger partial charge in [-0.15, -0.1) is 0 Å². The summed E-state index contributed by atoms with van der Waals surface area (Å²) < 4.78 is 103. The van der Waals surface area contributed by atoms with E-state index in [0.717, 1.165) is 18.2 Å². The van der Waals surface area contributed by atoms with E-state index in [9.17, 15) is 45.5 Å². The number of esters is 2. The number of ether oxygens (including phenoxy) is 3. The SMILES string of the molecule is CCOC(=O)C1(C(=O)OCC)N[C@@H](C(F)(F)F)[C@@H](C(F)(F)F)[C@@]12C(=O)N(C(=O)OC(C)(C)C)c1cccc(Cl)c12. The van der Waals surface area contributed by atoms with Crippen molar-refractivity contribution in [1.29, 1.82) is 0 Å². The Labute approximate surface area is 229 Å². The highest BCUT2D eigenvalue weighted by Gasteiger charge is 2.87. The Kier molecular flexibility index (Phi) is 7.93.